The van der Waals surface area contributed by atoms with Gasteiger partial charge in [0.2, 0.25) is 5.95 Å². The molecular formula is C23H19ClF2N6OS2. The molecule has 1 fully saturated rings. The van der Waals surface area contributed by atoms with Crippen molar-refractivity contribution in [2.45, 2.75) is 4.90 Å². The molecule has 1 aliphatic heterocycles. The summed E-state index contributed by atoms with van der Waals surface area (Å²) in [6.07, 6.45) is 1.66. The lowest BCUT2D eigenvalue weighted by Crippen LogP contribution is -2.44. The first-order valence-corrected chi connectivity index (χ1v) is 12.8. The quantitative estimate of drug-likeness (QED) is 0.287. The van der Waals surface area contributed by atoms with Gasteiger partial charge < -0.3 is 19.7 Å². The average Bonchev–Trinajstić information content (AvgIpc) is 3.40. The Morgan fingerprint density at radius 2 is 1.91 bits per heavy atom. The summed E-state index contributed by atoms with van der Waals surface area (Å²) in [5.41, 5.74) is 2.75. The summed E-state index contributed by atoms with van der Waals surface area (Å²) in [5, 5.41) is 5.52. The van der Waals surface area contributed by atoms with Crippen LogP contribution in [-0.4, -0.2) is 41.1 Å². The Labute approximate surface area is 213 Å². The van der Waals surface area contributed by atoms with Crippen LogP contribution in [0.25, 0.3) is 11.3 Å². The topological polar surface area (TPSA) is 75.2 Å². The molecular weight excluding hydrogens is 514 g/mol. The van der Waals surface area contributed by atoms with Crippen LogP contribution >= 0.6 is 34.9 Å². The Morgan fingerprint density at radius 3 is 2.71 bits per heavy atom. The van der Waals surface area contributed by atoms with Gasteiger partial charge in [0.15, 0.2) is 11.6 Å². The minimum atomic E-state index is -0.709. The van der Waals surface area contributed by atoms with Crippen molar-refractivity contribution in [2.75, 3.05) is 35.8 Å². The Kier molecular flexibility index (Phi) is 7.28. The zero-order valence-electron chi connectivity index (χ0n) is 18.2. The molecule has 2 N–H and O–H groups in total. The number of piperazine rings is 1. The molecule has 0 radical (unpaired) electrons. The van der Waals surface area contributed by atoms with E-state index in [-0.39, 0.29) is 10.6 Å². The molecule has 1 aliphatic rings. The number of anilines is 2. The first kappa shape index (κ1) is 23.7. The largest absolute Gasteiger partial charge is 0.453 e. The van der Waals surface area contributed by atoms with Crippen LogP contribution in [0.2, 0.25) is 5.02 Å². The van der Waals surface area contributed by atoms with Crippen molar-refractivity contribution in [2.24, 2.45) is 0 Å². The maximum Gasteiger partial charge on any atom is 0.225 e. The molecule has 0 spiro atoms. The number of benzene rings is 2. The van der Waals surface area contributed by atoms with Gasteiger partial charge in [-0.2, -0.15) is 0 Å². The fraction of sp³-hybridized carbons (Fsp3) is 0.174. The van der Waals surface area contributed by atoms with Crippen molar-refractivity contribution in [3.63, 3.8) is 0 Å². The number of hydrogen-bond acceptors (Lipinski definition) is 9. The van der Waals surface area contributed by atoms with Crippen molar-refractivity contribution in [3.05, 3.63) is 70.1 Å². The number of rotatable bonds is 7. The van der Waals surface area contributed by atoms with Crippen molar-refractivity contribution < 1.29 is 13.5 Å². The number of halogens is 3. The second kappa shape index (κ2) is 10.7. The zero-order chi connectivity index (χ0) is 24.2. The van der Waals surface area contributed by atoms with Crippen molar-refractivity contribution >= 4 is 46.7 Å². The molecule has 0 atom stereocenters. The molecule has 1 saturated heterocycles. The van der Waals surface area contributed by atoms with Crippen LogP contribution in [0.3, 0.4) is 0 Å². The highest BCUT2D eigenvalue weighted by molar-refractivity contribution is 8.00. The molecule has 180 valence electrons. The summed E-state index contributed by atoms with van der Waals surface area (Å²) < 4.78 is 38.3. The van der Waals surface area contributed by atoms with Crippen LogP contribution in [0, 0.1) is 11.6 Å². The molecule has 4 aromatic rings. The van der Waals surface area contributed by atoms with Crippen LogP contribution in [0.4, 0.5) is 20.5 Å². The van der Waals surface area contributed by atoms with Gasteiger partial charge in [-0.15, -0.1) is 11.3 Å². The van der Waals surface area contributed by atoms with Gasteiger partial charge in [-0.25, -0.2) is 23.7 Å². The van der Waals surface area contributed by atoms with E-state index >= 15 is 0 Å². The van der Waals surface area contributed by atoms with E-state index < -0.39 is 11.6 Å². The lowest BCUT2D eigenvalue weighted by Gasteiger charge is -2.27. The van der Waals surface area contributed by atoms with E-state index in [4.69, 9.17) is 16.3 Å². The second-order valence-corrected chi connectivity index (χ2v) is 9.52. The molecule has 35 heavy (non-hydrogen) atoms. The number of hydrogen-bond donors (Lipinski definition) is 2. The van der Waals surface area contributed by atoms with E-state index in [2.05, 4.69) is 29.9 Å². The highest BCUT2D eigenvalue weighted by atomic mass is 35.5. The molecule has 3 heterocycles. The van der Waals surface area contributed by atoms with Gasteiger partial charge in [-0.3, -0.25) is 0 Å². The normalized spacial score (nSPS) is 13.6. The van der Waals surface area contributed by atoms with E-state index in [1.54, 1.807) is 41.4 Å². The van der Waals surface area contributed by atoms with E-state index in [1.807, 2.05) is 0 Å². The van der Waals surface area contributed by atoms with Crippen molar-refractivity contribution in [1.29, 1.82) is 0 Å². The smallest absolute Gasteiger partial charge is 0.225 e. The monoisotopic (exact) mass is 532 g/mol. The summed E-state index contributed by atoms with van der Waals surface area (Å²) >= 11 is 8.57. The third-order valence-corrected chi connectivity index (χ3v) is 6.83. The van der Waals surface area contributed by atoms with E-state index in [0.29, 0.717) is 33.8 Å². The minimum absolute atomic E-state index is 0.0793. The van der Waals surface area contributed by atoms with Crippen LogP contribution in [-0.2, 0) is 0 Å². The fourth-order valence-corrected chi connectivity index (χ4v) is 4.84. The molecule has 0 bridgehead atoms. The summed E-state index contributed by atoms with van der Waals surface area (Å²) in [5.74, 6) is -0.150. The Morgan fingerprint density at radius 1 is 1.06 bits per heavy atom. The van der Waals surface area contributed by atoms with Crippen LogP contribution in [0.15, 0.2) is 58.4 Å². The highest BCUT2D eigenvalue weighted by Gasteiger charge is 2.18. The van der Waals surface area contributed by atoms with Crippen LogP contribution in [0.5, 0.6) is 11.5 Å². The Hall–Kier alpha value is -2.99. The molecule has 2 aromatic carbocycles. The SMILES string of the molecule is Fc1cc(SNc2cscn2)c(F)cc1Oc1ccc(Cl)cc1-c1ccnc(N2CCNCC2)n1. The molecule has 0 saturated carbocycles. The Balaban J connectivity index is 1.41. The summed E-state index contributed by atoms with van der Waals surface area (Å²) in [4.78, 5) is 15.3. The molecule has 0 unspecified atom stereocenters. The number of ether oxygens (including phenoxy) is 1. The van der Waals surface area contributed by atoms with E-state index in [1.165, 1.54) is 11.3 Å². The molecule has 12 heteroatoms. The molecule has 0 amide bonds. The van der Waals surface area contributed by atoms with Crippen molar-refractivity contribution in [3.8, 4) is 22.8 Å². The van der Waals surface area contributed by atoms with E-state index in [9.17, 15) is 8.78 Å². The standard InChI is InChI=1S/C23H19ClF2N6OS2/c24-14-1-2-19(15(9-14)18-3-4-28-23(30-18)32-7-5-27-6-8-32)33-20-10-17(26)21(11-16(20)25)35-31-22-12-34-13-29-22/h1-4,9-13,27,31H,5-8H2. The van der Waals surface area contributed by atoms with E-state index in [0.717, 1.165) is 50.3 Å². The summed E-state index contributed by atoms with van der Waals surface area (Å²) in [7, 11) is 0. The van der Waals surface area contributed by atoms with Gasteiger partial charge in [0.25, 0.3) is 0 Å². The summed E-state index contributed by atoms with van der Waals surface area (Å²) in [6, 6.07) is 8.73. The van der Waals surface area contributed by atoms with Crippen LogP contribution < -0.4 is 19.7 Å². The lowest BCUT2D eigenvalue weighted by atomic mass is 10.1. The number of aromatic nitrogens is 3. The third-order valence-electron chi connectivity index (χ3n) is 5.16. The number of nitrogens with one attached hydrogen (secondary N) is 2. The van der Waals surface area contributed by atoms with Gasteiger partial charge in [0.1, 0.15) is 17.4 Å². The first-order chi connectivity index (χ1) is 17.1. The fourth-order valence-electron chi connectivity index (χ4n) is 3.46. The Bertz CT molecular complexity index is 1320. The minimum Gasteiger partial charge on any atom is -0.453 e. The number of nitrogens with zero attached hydrogens (tertiary/aromatic N) is 4. The first-order valence-electron chi connectivity index (χ1n) is 10.6. The zero-order valence-corrected chi connectivity index (χ0v) is 20.6. The lowest BCUT2D eigenvalue weighted by molar-refractivity contribution is 0.434. The maximum absolute atomic E-state index is 14.9. The van der Waals surface area contributed by atoms with Gasteiger partial charge in [0, 0.05) is 54.4 Å². The van der Waals surface area contributed by atoms with Crippen LogP contribution in [0.1, 0.15) is 0 Å². The molecule has 7 nitrogen and oxygen atoms in total. The second-order valence-electron chi connectivity index (χ2n) is 7.51. The van der Waals surface area contributed by atoms with Gasteiger partial charge in [0.05, 0.1) is 16.1 Å². The predicted molar refractivity (Wildman–Crippen MR) is 136 cm³/mol. The molecule has 0 aliphatic carbocycles. The molecule has 2 aromatic heterocycles. The number of thiazole rings is 1. The van der Waals surface area contributed by atoms with Gasteiger partial charge in [-0.1, -0.05) is 11.6 Å². The third kappa shape index (κ3) is 5.64. The van der Waals surface area contributed by atoms with Gasteiger partial charge >= 0.3 is 0 Å². The maximum atomic E-state index is 14.9. The predicted octanol–water partition coefficient (Wildman–Crippen LogP) is 5.85. The molecule has 5 rings (SSSR count). The van der Waals surface area contributed by atoms with Gasteiger partial charge in [-0.05, 0) is 42.3 Å². The average molecular weight is 533 g/mol. The van der Waals surface area contributed by atoms with Crippen molar-refractivity contribution in [1.82, 2.24) is 20.3 Å². The summed E-state index contributed by atoms with van der Waals surface area (Å²) in [6.45, 7) is 3.26. The highest BCUT2D eigenvalue weighted by Crippen LogP contribution is 2.37.